The molecule has 25 heavy (non-hydrogen) atoms. The molecular formula is C16H23IN4O3S. The Labute approximate surface area is 168 Å². The number of esters is 1. The van der Waals surface area contributed by atoms with Crippen LogP contribution in [0, 0.1) is 13.8 Å². The summed E-state index contributed by atoms with van der Waals surface area (Å²) in [6.07, 6.45) is 2.72. The predicted molar refractivity (Wildman–Crippen MR) is 109 cm³/mol. The average Bonchev–Trinajstić information content (AvgIpc) is 3.15. The van der Waals surface area contributed by atoms with Crippen molar-refractivity contribution in [2.75, 3.05) is 20.7 Å². The maximum Gasteiger partial charge on any atom is 0.341 e. The first-order chi connectivity index (χ1) is 11.5. The Hall–Kier alpha value is -1.62. The van der Waals surface area contributed by atoms with Crippen LogP contribution in [0.1, 0.15) is 31.8 Å². The van der Waals surface area contributed by atoms with Gasteiger partial charge in [-0.2, -0.15) is 0 Å². The smallest absolute Gasteiger partial charge is 0.341 e. The maximum absolute atomic E-state index is 11.6. The van der Waals surface area contributed by atoms with E-state index in [4.69, 9.17) is 9.15 Å². The second kappa shape index (κ2) is 10.4. The number of furan rings is 1. The second-order valence-electron chi connectivity index (χ2n) is 5.14. The summed E-state index contributed by atoms with van der Waals surface area (Å²) in [5.41, 5.74) is 0.441. The number of methoxy groups -OCH3 is 1. The quantitative estimate of drug-likeness (QED) is 0.287. The summed E-state index contributed by atoms with van der Waals surface area (Å²) in [4.78, 5) is 21.3. The van der Waals surface area contributed by atoms with E-state index in [1.165, 1.54) is 12.0 Å². The number of rotatable bonds is 6. The number of halogens is 1. The molecule has 0 saturated carbocycles. The molecule has 0 spiro atoms. The van der Waals surface area contributed by atoms with Crippen molar-refractivity contribution in [3.05, 3.63) is 39.2 Å². The number of thiazole rings is 1. The first-order valence-corrected chi connectivity index (χ1v) is 8.38. The van der Waals surface area contributed by atoms with Crippen molar-refractivity contribution >= 4 is 47.2 Å². The molecule has 9 heteroatoms. The molecule has 0 aliphatic heterocycles. The van der Waals surface area contributed by atoms with E-state index in [1.54, 1.807) is 31.4 Å². The predicted octanol–water partition coefficient (Wildman–Crippen LogP) is 2.67. The van der Waals surface area contributed by atoms with Crippen molar-refractivity contribution < 1.29 is 13.9 Å². The van der Waals surface area contributed by atoms with Crippen molar-refractivity contribution in [3.8, 4) is 0 Å². The minimum Gasteiger partial charge on any atom is -0.465 e. The highest BCUT2D eigenvalue weighted by atomic mass is 127. The first kappa shape index (κ1) is 21.4. The Bertz CT molecular complexity index is 727. The zero-order valence-corrected chi connectivity index (χ0v) is 17.9. The van der Waals surface area contributed by atoms with Crippen LogP contribution in [0.15, 0.2) is 21.7 Å². The fraction of sp³-hybridized carbons (Fsp3) is 0.438. The molecule has 2 N–H and O–H groups in total. The number of nitrogens with one attached hydrogen (secondary N) is 2. The van der Waals surface area contributed by atoms with E-state index >= 15 is 0 Å². The molecule has 0 aliphatic rings. The van der Waals surface area contributed by atoms with Crippen molar-refractivity contribution in [3.63, 3.8) is 0 Å². The fourth-order valence-corrected chi connectivity index (χ4v) is 2.93. The summed E-state index contributed by atoms with van der Waals surface area (Å²) in [5.74, 6) is 1.45. The summed E-state index contributed by atoms with van der Waals surface area (Å²) in [5, 5.41) is 7.47. The minimum absolute atomic E-state index is 0. The lowest BCUT2D eigenvalue weighted by Gasteiger charge is -2.10. The molecular weight excluding hydrogens is 455 g/mol. The van der Waals surface area contributed by atoms with Gasteiger partial charge in [-0.05, 0) is 19.9 Å². The van der Waals surface area contributed by atoms with Gasteiger partial charge < -0.3 is 19.8 Å². The number of aliphatic imine (C=N–C) groups is 1. The number of carbonyl (C=O) groups is 1. The average molecular weight is 478 g/mol. The van der Waals surface area contributed by atoms with E-state index in [-0.39, 0.29) is 24.0 Å². The van der Waals surface area contributed by atoms with Gasteiger partial charge in [-0.25, -0.2) is 9.78 Å². The highest BCUT2D eigenvalue weighted by Gasteiger charge is 2.15. The fourth-order valence-electron chi connectivity index (χ4n) is 2.14. The molecule has 0 aliphatic carbocycles. The molecule has 2 aromatic rings. The zero-order valence-electron chi connectivity index (χ0n) is 14.7. The zero-order chi connectivity index (χ0) is 17.5. The molecule has 2 heterocycles. The van der Waals surface area contributed by atoms with Gasteiger partial charge in [0.2, 0.25) is 0 Å². The number of aromatic nitrogens is 1. The Kier molecular flexibility index (Phi) is 8.90. The van der Waals surface area contributed by atoms with E-state index in [0.29, 0.717) is 29.6 Å². The molecule has 0 aromatic carbocycles. The molecule has 138 valence electrons. The highest BCUT2D eigenvalue weighted by molar-refractivity contribution is 14.0. The molecule has 2 aromatic heterocycles. The lowest BCUT2D eigenvalue weighted by molar-refractivity contribution is 0.0599. The van der Waals surface area contributed by atoms with E-state index < -0.39 is 5.97 Å². The Morgan fingerprint density at radius 3 is 2.76 bits per heavy atom. The topological polar surface area (TPSA) is 88.8 Å². The maximum atomic E-state index is 11.6. The van der Waals surface area contributed by atoms with Gasteiger partial charge in [0, 0.05) is 31.1 Å². The van der Waals surface area contributed by atoms with Gasteiger partial charge in [0.15, 0.2) is 5.96 Å². The molecule has 0 atom stereocenters. The van der Waals surface area contributed by atoms with Crippen LogP contribution >= 0.6 is 35.3 Å². The molecule has 0 fully saturated rings. The minimum atomic E-state index is -0.399. The number of guanidine groups is 1. The number of aryl methyl sites for hydroxylation is 2. The Morgan fingerprint density at radius 1 is 1.40 bits per heavy atom. The van der Waals surface area contributed by atoms with Crippen LogP contribution in [-0.4, -0.2) is 37.6 Å². The number of hydrogen-bond acceptors (Lipinski definition) is 6. The molecule has 0 unspecified atom stereocenters. The van der Waals surface area contributed by atoms with Crippen LogP contribution in [0.25, 0.3) is 0 Å². The summed E-state index contributed by atoms with van der Waals surface area (Å²) in [7, 11) is 3.05. The van der Waals surface area contributed by atoms with Gasteiger partial charge in [-0.3, -0.25) is 4.99 Å². The molecule has 0 bridgehead atoms. The van der Waals surface area contributed by atoms with Crippen molar-refractivity contribution in [2.24, 2.45) is 4.99 Å². The third-order valence-electron chi connectivity index (χ3n) is 3.33. The van der Waals surface area contributed by atoms with Crippen LogP contribution in [0.2, 0.25) is 0 Å². The lowest BCUT2D eigenvalue weighted by atomic mass is 10.2. The molecule has 0 saturated heterocycles. The van der Waals surface area contributed by atoms with Crippen LogP contribution in [0.5, 0.6) is 0 Å². The monoisotopic (exact) mass is 478 g/mol. The van der Waals surface area contributed by atoms with Gasteiger partial charge in [-0.1, -0.05) is 0 Å². The van der Waals surface area contributed by atoms with Crippen molar-refractivity contribution in [1.82, 2.24) is 15.6 Å². The van der Waals surface area contributed by atoms with Gasteiger partial charge >= 0.3 is 5.97 Å². The van der Waals surface area contributed by atoms with Gasteiger partial charge in [0.05, 0.1) is 18.7 Å². The van der Waals surface area contributed by atoms with Crippen LogP contribution in [0.4, 0.5) is 0 Å². The molecule has 7 nitrogen and oxygen atoms in total. The molecule has 2 rings (SSSR count). The van der Waals surface area contributed by atoms with Gasteiger partial charge in [-0.15, -0.1) is 35.3 Å². The largest absolute Gasteiger partial charge is 0.465 e. The van der Waals surface area contributed by atoms with E-state index in [2.05, 4.69) is 20.6 Å². The third kappa shape index (κ3) is 6.31. The summed E-state index contributed by atoms with van der Waals surface area (Å²) in [6.45, 7) is 4.94. The summed E-state index contributed by atoms with van der Waals surface area (Å²) < 4.78 is 10.3. The summed E-state index contributed by atoms with van der Waals surface area (Å²) in [6, 6.07) is 1.68. The van der Waals surface area contributed by atoms with Crippen LogP contribution in [-0.2, 0) is 17.7 Å². The highest BCUT2D eigenvalue weighted by Crippen LogP contribution is 2.15. The third-order valence-corrected chi connectivity index (χ3v) is 4.30. The standard InChI is InChI=1S/C16H22N4O3S.HI/c1-10-8-19-14(24-10)5-6-18-16(17-3)20-9-12-7-13(11(2)23-12)15(21)22-4;/h7-8H,5-6,9H2,1-4H3,(H2,17,18,20);1H. The van der Waals surface area contributed by atoms with Crippen LogP contribution in [0.3, 0.4) is 0 Å². The summed E-state index contributed by atoms with van der Waals surface area (Å²) >= 11 is 1.70. The van der Waals surface area contributed by atoms with Crippen LogP contribution < -0.4 is 10.6 Å². The van der Waals surface area contributed by atoms with E-state index in [9.17, 15) is 4.79 Å². The molecule has 0 radical (unpaired) electrons. The van der Waals surface area contributed by atoms with E-state index in [0.717, 1.165) is 18.0 Å². The number of ether oxygens (including phenoxy) is 1. The number of carbonyl (C=O) groups excluding carboxylic acids is 1. The Morgan fingerprint density at radius 2 is 2.16 bits per heavy atom. The number of nitrogens with zero attached hydrogens (tertiary/aromatic N) is 2. The molecule has 0 amide bonds. The Balaban J connectivity index is 0.00000312. The first-order valence-electron chi connectivity index (χ1n) is 7.57. The van der Waals surface area contributed by atoms with Gasteiger partial charge in [0.25, 0.3) is 0 Å². The lowest BCUT2D eigenvalue weighted by Crippen LogP contribution is -2.37. The number of hydrogen-bond donors (Lipinski definition) is 2. The van der Waals surface area contributed by atoms with E-state index in [1.807, 2.05) is 13.1 Å². The normalized spacial score (nSPS) is 11.0. The SMILES string of the molecule is CN=C(NCCc1ncc(C)s1)NCc1cc(C(=O)OC)c(C)o1.I. The van der Waals surface area contributed by atoms with Crippen molar-refractivity contribution in [2.45, 2.75) is 26.8 Å². The second-order valence-corrected chi connectivity index (χ2v) is 6.46. The van der Waals surface area contributed by atoms with Crippen molar-refractivity contribution in [1.29, 1.82) is 0 Å². The van der Waals surface area contributed by atoms with Gasteiger partial charge in [0.1, 0.15) is 17.1 Å².